The van der Waals surface area contributed by atoms with Gasteiger partial charge in [-0.25, -0.2) is 0 Å². The summed E-state index contributed by atoms with van der Waals surface area (Å²) in [6, 6.07) is 7.32. The number of hydrogen-bond acceptors (Lipinski definition) is 2. The van der Waals surface area contributed by atoms with Crippen LogP contribution in [0, 0.1) is 0 Å². The molecule has 82 valence electrons. The fourth-order valence-corrected chi connectivity index (χ4v) is 1.42. The minimum atomic E-state index is -0.0606. The summed E-state index contributed by atoms with van der Waals surface area (Å²) in [7, 11) is 0. The van der Waals surface area contributed by atoms with Crippen molar-refractivity contribution in [1.29, 1.82) is 0 Å². The Balaban J connectivity index is 1.81. The lowest BCUT2D eigenvalue weighted by Crippen LogP contribution is -2.26. The van der Waals surface area contributed by atoms with Crippen LogP contribution in [-0.4, -0.2) is 22.0 Å². The fourth-order valence-electron chi connectivity index (χ4n) is 1.42. The zero-order valence-corrected chi connectivity index (χ0v) is 8.84. The quantitative estimate of drug-likeness (QED) is 0.836. The van der Waals surface area contributed by atoms with Gasteiger partial charge in [-0.2, -0.15) is 0 Å². The molecule has 0 unspecified atom stereocenters. The molecule has 0 aliphatic rings. The average Bonchev–Trinajstić information content (AvgIpc) is 2.83. The minimum Gasteiger partial charge on any atom is -0.353 e. The third kappa shape index (κ3) is 2.70. The zero-order valence-electron chi connectivity index (χ0n) is 8.84. The largest absolute Gasteiger partial charge is 0.353 e. The molecular weight excluding hydrogens is 202 g/mol. The zero-order chi connectivity index (χ0) is 11.2. The van der Waals surface area contributed by atoms with E-state index in [1.165, 1.54) is 0 Å². The van der Waals surface area contributed by atoms with Crippen molar-refractivity contribution in [2.45, 2.75) is 6.54 Å². The normalized spacial score (nSPS) is 10.0. The molecule has 4 nitrogen and oxygen atoms in total. The first-order chi connectivity index (χ1) is 7.86. The molecule has 0 spiro atoms. The van der Waals surface area contributed by atoms with E-state index >= 15 is 0 Å². The molecule has 0 aliphatic heterocycles. The van der Waals surface area contributed by atoms with Crippen LogP contribution in [-0.2, 0) is 6.54 Å². The number of hydrogen-bond donors (Lipinski definition) is 1. The molecule has 0 radical (unpaired) electrons. The lowest BCUT2D eigenvalue weighted by molar-refractivity contribution is 0.0952. The van der Waals surface area contributed by atoms with E-state index < -0.39 is 0 Å². The van der Waals surface area contributed by atoms with Crippen LogP contribution in [0.25, 0.3) is 0 Å². The number of nitrogens with one attached hydrogen (secondary N) is 1. The Kier molecular flexibility index (Phi) is 3.33. The smallest absolute Gasteiger partial charge is 0.251 e. The first kappa shape index (κ1) is 10.4. The van der Waals surface area contributed by atoms with Crippen LogP contribution < -0.4 is 5.32 Å². The lowest BCUT2D eigenvalue weighted by Gasteiger charge is -2.05. The first-order valence-electron chi connectivity index (χ1n) is 5.15. The fraction of sp³-hybridized carbons (Fsp3) is 0.167. The van der Waals surface area contributed by atoms with Gasteiger partial charge in [0, 0.05) is 43.4 Å². The molecule has 1 N–H and O–H groups in total. The molecule has 0 saturated carbocycles. The van der Waals surface area contributed by atoms with E-state index in [0.29, 0.717) is 12.1 Å². The highest BCUT2D eigenvalue weighted by Crippen LogP contribution is 1.95. The second-order valence-electron chi connectivity index (χ2n) is 3.41. The van der Waals surface area contributed by atoms with Gasteiger partial charge in [0.15, 0.2) is 0 Å². The van der Waals surface area contributed by atoms with Gasteiger partial charge in [0.05, 0.1) is 0 Å². The summed E-state index contributed by atoms with van der Waals surface area (Å²) >= 11 is 0. The molecule has 0 aromatic carbocycles. The van der Waals surface area contributed by atoms with Crippen LogP contribution in [0.5, 0.6) is 0 Å². The average molecular weight is 215 g/mol. The second-order valence-corrected chi connectivity index (χ2v) is 3.41. The summed E-state index contributed by atoms with van der Waals surface area (Å²) in [5.74, 6) is -0.0606. The van der Waals surface area contributed by atoms with E-state index in [0.717, 1.165) is 6.54 Å². The molecule has 4 heteroatoms. The van der Waals surface area contributed by atoms with E-state index in [9.17, 15) is 4.79 Å². The standard InChI is InChI=1S/C12H13N3O/c16-12(11-3-5-13-6-4-11)14-7-10-15-8-1-2-9-15/h1-6,8-9H,7,10H2,(H,14,16). The molecule has 0 fully saturated rings. The highest BCUT2D eigenvalue weighted by Gasteiger charge is 2.02. The number of carbonyl (C=O) groups is 1. The summed E-state index contributed by atoms with van der Waals surface area (Å²) in [5.41, 5.74) is 0.641. The number of pyridine rings is 1. The van der Waals surface area contributed by atoms with Crippen molar-refractivity contribution in [3.63, 3.8) is 0 Å². The van der Waals surface area contributed by atoms with Crippen molar-refractivity contribution in [3.05, 3.63) is 54.6 Å². The Labute approximate surface area is 93.9 Å². The monoisotopic (exact) mass is 215 g/mol. The highest BCUT2D eigenvalue weighted by atomic mass is 16.1. The van der Waals surface area contributed by atoms with Gasteiger partial charge in [-0.3, -0.25) is 9.78 Å². The van der Waals surface area contributed by atoms with Crippen molar-refractivity contribution >= 4 is 5.91 Å². The van der Waals surface area contributed by atoms with E-state index in [1.807, 2.05) is 29.1 Å². The van der Waals surface area contributed by atoms with E-state index in [-0.39, 0.29) is 5.91 Å². The maximum absolute atomic E-state index is 11.6. The predicted octanol–water partition coefficient (Wildman–Crippen LogP) is 1.31. The number of rotatable bonds is 4. The van der Waals surface area contributed by atoms with Gasteiger partial charge in [-0.05, 0) is 24.3 Å². The van der Waals surface area contributed by atoms with Gasteiger partial charge in [0.1, 0.15) is 0 Å². The summed E-state index contributed by atoms with van der Waals surface area (Å²) in [6.07, 6.45) is 7.17. The Hall–Kier alpha value is -2.10. The molecule has 0 bridgehead atoms. The summed E-state index contributed by atoms with van der Waals surface area (Å²) in [4.78, 5) is 15.5. The van der Waals surface area contributed by atoms with E-state index in [4.69, 9.17) is 0 Å². The number of nitrogens with zero attached hydrogens (tertiary/aromatic N) is 2. The third-order valence-corrected chi connectivity index (χ3v) is 2.26. The maximum Gasteiger partial charge on any atom is 0.251 e. The molecule has 2 heterocycles. The van der Waals surface area contributed by atoms with Crippen LogP contribution in [0.4, 0.5) is 0 Å². The Morgan fingerprint density at radius 2 is 1.94 bits per heavy atom. The van der Waals surface area contributed by atoms with E-state index in [1.54, 1.807) is 24.5 Å². The van der Waals surface area contributed by atoms with Crippen molar-refractivity contribution in [2.24, 2.45) is 0 Å². The lowest BCUT2D eigenvalue weighted by atomic mass is 10.2. The van der Waals surface area contributed by atoms with Gasteiger partial charge in [0.2, 0.25) is 0 Å². The van der Waals surface area contributed by atoms with Gasteiger partial charge in [0.25, 0.3) is 5.91 Å². The topological polar surface area (TPSA) is 46.9 Å². The molecule has 2 aromatic rings. The van der Waals surface area contributed by atoms with Crippen LogP contribution in [0.1, 0.15) is 10.4 Å². The van der Waals surface area contributed by atoms with Gasteiger partial charge in [-0.1, -0.05) is 0 Å². The summed E-state index contributed by atoms with van der Waals surface area (Å²) in [5, 5.41) is 2.85. The molecular formula is C12H13N3O. The molecule has 0 saturated heterocycles. The number of carbonyl (C=O) groups excluding carboxylic acids is 1. The van der Waals surface area contributed by atoms with Crippen LogP contribution in [0.3, 0.4) is 0 Å². The summed E-state index contributed by atoms with van der Waals surface area (Å²) < 4.78 is 2.02. The molecule has 1 amide bonds. The SMILES string of the molecule is O=C(NCCn1cccc1)c1ccncc1. The summed E-state index contributed by atoms with van der Waals surface area (Å²) in [6.45, 7) is 1.40. The minimum absolute atomic E-state index is 0.0606. The van der Waals surface area contributed by atoms with Crippen molar-refractivity contribution < 1.29 is 4.79 Å². The van der Waals surface area contributed by atoms with Crippen molar-refractivity contribution in [2.75, 3.05) is 6.54 Å². The number of amides is 1. The molecule has 0 aliphatic carbocycles. The second kappa shape index (κ2) is 5.11. The van der Waals surface area contributed by atoms with Crippen LogP contribution >= 0.6 is 0 Å². The Morgan fingerprint density at radius 3 is 2.62 bits per heavy atom. The van der Waals surface area contributed by atoms with E-state index in [2.05, 4.69) is 10.3 Å². The first-order valence-corrected chi connectivity index (χ1v) is 5.15. The van der Waals surface area contributed by atoms with Gasteiger partial charge >= 0.3 is 0 Å². The Morgan fingerprint density at radius 1 is 1.25 bits per heavy atom. The van der Waals surface area contributed by atoms with Gasteiger partial charge < -0.3 is 9.88 Å². The third-order valence-electron chi connectivity index (χ3n) is 2.26. The number of aromatic nitrogens is 2. The van der Waals surface area contributed by atoms with Gasteiger partial charge in [-0.15, -0.1) is 0 Å². The maximum atomic E-state index is 11.6. The Bertz CT molecular complexity index is 437. The van der Waals surface area contributed by atoms with Crippen LogP contribution in [0.2, 0.25) is 0 Å². The molecule has 16 heavy (non-hydrogen) atoms. The molecule has 2 rings (SSSR count). The van der Waals surface area contributed by atoms with Crippen molar-refractivity contribution in [1.82, 2.24) is 14.9 Å². The molecule has 2 aromatic heterocycles. The van der Waals surface area contributed by atoms with Crippen molar-refractivity contribution in [3.8, 4) is 0 Å². The van der Waals surface area contributed by atoms with Crippen LogP contribution in [0.15, 0.2) is 49.1 Å². The molecule has 0 atom stereocenters. The highest BCUT2D eigenvalue weighted by molar-refractivity contribution is 5.93. The predicted molar refractivity (Wildman–Crippen MR) is 61.0 cm³/mol.